The summed E-state index contributed by atoms with van der Waals surface area (Å²) in [7, 11) is 5.65. The zero-order valence-corrected chi connectivity index (χ0v) is 32.7. The van der Waals surface area contributed by atoms with Crippen LogP contribution in [0.2, 0.25) is 0 Å². The molecule has 0 aliphatic carbocycles. The van der Waals surface area contributed by atoms with Crippen molar-refractivity contribution in [2.75, 3.05) is 69.4 Å². The molecule has 15 heteroatoms. The summed E-state index contributed by atoms with van der Waals surface area (Å²) in [6, 6.07) is 22.2. The van der Waals surface area contributed by atoms with Gasteiger partial charge in [0.15, 0.2) is 11.3 Å². The van der Waals surface area contributed by atoms with Crippen LogP contribution >= 0.6 is 0 Å². The van der Waals surface area contributed by atoms with Gasteiger partial charge in [0.2, 0.25) is 11.9 Å². The van der Waals surface area contributed by atoms with Gasteiger partial charge < -0.3 is 37.6 Å². The molecule has 2 saturated heterocycles. The minimum atomic E-state index is -0.0964. The van der Waals surface area contributed by atoms with Crippen LogP contribution in [0, 0.1) is 0 Å². The number of amides is 1. The lowest BCUT2D eigenvalue weighted by Gasteiger charge is -2.32. The van der Waals surface area contributed by atoms with E-state index in [9.17, 15) is 4.79 Å². The van der Waals surface area contributed by atoms with Gasteiger partial charge in [0.25, 0.3) is 5.91 Å². The number of nitrogen functional groups attached to an aromatic ring is 2. The average molecular weight is 767 g/mol. The smallest absolute Gasteiger partial charge is 0.254 e. The summed E-state index contributed by atoms with van der Waals surface area (Å²) in [6.45, 7) is 4.94. The van der Waals surface area contributed by atoms with Gasteiger partial charge in [-0.3, -0.25) is 9.69 Å². The molecule has 1 amide bonds. The van der Waals surface area contributed by atoms with E-state index >= 15 is 0 Å². The number of likely N-dealkylation sites (tertiary alicyclic amines) is 2. The first-order valence-electron chi connectivity index (χ1n) is 19.6. The molecule has 0 radical (unpaired) electrons. The molecule has 6 aromatic rings. The fourth-order valence-corrected chi connectivity index (χ4v) is 7.70. The molecule has 294 valence electrons. The Kier molecular flexibility index (Phi) is 10.8. The number of fused-ring (bicyclic) bond motifs is 2. The molecule has 57 heavy (non-hydrogen) atoms. The highest BCUT2D eigenvalue weighted by Gasteiger charge is 2.23. The van der Waals surface area contributed by atoms with Crippen molar-refractivity contribution in [3.8, 4) is 22.5 Å². The van der Waals surface area contributed by atoms with Crippen LogP contribution in [0.3, 0.4) is 0 Å². The van der Waals surface area contributed by atoms with E-state index in [1.807, 2.05) is 60.7 Å². The Bertz CT molecular complexity index is 2420. The number of carbonyl (C=O) groups excluding carboxylic acids is 1. The Labute approximate surface area is 332 Å². The number of carbonyl (C=O) groups is 1. The number of nitrogens with zero attached hydrogens (tertiary/aromatic N) is 9. The number of rotatable bonds is 10. The number of aromatic nitrogens is 6. The molecule has 0 atom stereocenters. The van der Waals surface area contributed by atoms with Crippen LogP contribution in [0.4, 0.5) is 23.5 Å². The lowest BCUT2D eigenvalue weighted by atomic mass is 9.98. The first-order chi connectivity index (χ1) is 27.6. The summed E-state index contributed by atoms with van der Waals surface area (Å²) in [6.07, 6.45) is 3.79. The van der Waals surface area contributed by atoms with Crippen LogP contribution in [-0.2, 0) is 13.1 Å². The monoisotopic (exact) mass is 766 g/mol. The largest absolute Gasteiger partial charge is 0.383 e. The van der Waals surface area contributed by atoms with Gasteiger partial charge in [-0.2, -0.15) is 19.9 Å². The number of benzene rings is 2. The van der Waals surface area contributed by atoms with Gasteiger partial charge in [0.1, 0.15) is 11.6 Å². The zero-order chi connectivity index (χ0) is 39.6. The molecule has 6 heterocycles. The van der Waals surface area contributed by atoms with E-state index in [-0.39, 0.29) is 18.0 Å². The van der Waals surface area contributed by atoms with Crippen molar-refractivity contribution in [3.63, 3.8) is 0 Å². The van der Waals surface area contributed by atoms with Crippen LogP contribution < -0.4 is 27.8 Å². The summed E-state index contributed by atoms with van der Waals surface area (Å²) in [5, 5.41) is 8.38. The highest BCUT2D eigenvalue weighted by Crippen LogP contribution is 2.30. The second-order valence-electron chi connectivity index (χ2n) is 15.4. The van der Waals surface area contributed by atoms with Crippen molar-refractivity contribution < 1.29 is 4.79 Å². The first kappa shape index (κ1) is 37.9. The number of nitrogens with one attached hydrogen (secondary N) is 2. The van der Waals surface area contributed by atoms with E-state index in [4.69, 9.17) is 37.1 Å². The van der Waals surface area contributed by atoms with Gasteiger partial charge in [0.05, 0.1) is 22.2 Å². The molecular weight excluding hydrogens is 717 g/mol. The van der Waals surface area contributed by atoms with Crippen LogP contribution in [0.5, 0.6) is 0 Å². The third-order valence-corrected chi connectivity index (χ3v) is 11.0. The molecule has 2 aliphatic rings. The summed E-state index contributed by atoms with van der Waals surface area (Å²) >= 11 is 0. The van der Waals surface area contributed by atoms with Crippen LogP contribution in [0.15, 0.2) is 66.7 Å². The van der Waals surface area contributed by atoms with Crippen molar-refractivity contribution in [2.24, 2.45) is 5.73 Å². The molecule has 0 bridgehead atoms. The lowest BCUT2D eigenvalue weighted by Crippen LogP contribution is -2.39. The molecule has 4 aromatic heterocycles. The van der Waals surface area contributed by atoms with Crippen LogP contribution in [-0.4, -0.2) is 110 Å². The second-order valence-corrected chi connectivity index (χ2v) is 15.4. The molecular formula is C42H50N14O. The summed E-state index contributed by atoms with van der Waals surface area (Å²) in [4.78, 5) is 48.2. The molecule has 2 aliphatic heterocycles. The Morgan fingerprint density at radius 3 is 1.93 bits per heavy atom. The maximum atomic E-state index is 13.4. The molecule has 15 nitrogen and oxygen atoms in total. The van der Waals surface area contributed by atoms with E-state index in [0.29, 0.717) is 63.4 Å². The van der Waals surface area contributed by atoms with Gasteiger partial charge in [-0.05, 0) is 99.4 Å². The normalized spacial score (nSPS) is 15.9. The predicted molar refractivity (Wildman–Crippen MR) is 226 cm³/mol. The molecule has 2 fully saturated rings. The van der Waals surface area contributed by atoms with Gasteiger partial charge in [0, 0.05) is 69.0 Å². The summed E-state index contributed by atoms with van der Waals surface area (Å²) < 4.78 is 0. The number of nitrogens with two attached hydrogens (primary N) is 3. The van der Waals surface area contributed by atoms with E-state index in [1.54, 1.807) is 19.0 Å². The minimum Gasteiger partial charge on any atom is -0.383 e. The Hall–Kier alpha value is -6.03. The number of pyridine rings is 2. The molecule has 0 unspecified atom stereocenters. The molecule has 0 spiro atoms. The topological polar surface area (TPSA) is 206 Å². The van der Waals surface area contributed by atoms with Crippen molar-refractivity contribution >= 4 is 51.5 Å². The van der Waals surface area contributed by atoms with Gasteiger partial charge in [-0.25, -0.2) is 9.97 Å². The standard InChI is InChI=1S/C42H50N14O/c1-54(2)40(57)30-8-7-26(22-33(30)35-12-10-32-37(45)51-41(53-39(32)49-35)46-28-13-17-55(3)18-14-28)24-56-19-15-29(16-20-56)47-42-50-36(44)31-9-11-34(48-38(31)52-42)27-6-4-5-25(21-27)23-43/h4-12,21-22,28-29H,13-20,23-24,43H2,1-3H3,(H3,44,47,48,50,52)(H3,45,46,49,51,53). The Balaban J connectivity index is 0.971. The minimum absolute atomic E-state index is 0.0964. The Morgan fingerprint density at radius 1 is 0.719 bits per heavy atom. The highest BCUT2D eigenvalue weighted by atomic mass is 16.2. The van der Waals surface area contributed by atoms with E-state index in [0.717, 1.165) is 86.4 Å². The quantitative estimate of drug-likeness (QED) is 0.129. The summed E-state index contributed by atoms with van der Waals surface area (Å²) in [5.74, 6) is 1.62. The van der Waals surface area contributed by atoms with Crippen LogP contribution in [0.25, 0.3) is 44.6 Å². The van der Waals surface area contributed by atoms with Gasteiger partial charge in [-0.1, -0.05) is 24.3 Å². The van der Waals surface area contributed by atoms with E-state index in [2.05, 4.69) is 43.5 Å². The molecule has 8 N–H and O–H groups in total. The SMILES string of the molecule is CN1CCC(Nc2nc(N)c3ccc(-c4cc(CN5CCC(Nc6nc(N)c7ccc(-c8cccc(CN)c8)nc7n6)CC5)ccc4C(=O)N(C)C)nc3n2)CC1. The number of anilines is 4. The first-order valence-corrected chi connectivity index (χ1v) is 19.6. The maximum Gasteiger partial charge on any atom is 0.254 e. The number of hydrogen-bond donors (Lipinski definition) is 5. The zero-order valence-electron chi connectivity index (χ0n) is 32.7. The van der Waals surface area contributed by atoms with Crippen molar-refractivity contribution in [1.82, 2.24) is 44.6 Å². The van der Waals surface area contributed by atoms with Crippen molar-refractivity contribution in [3.05, 3.63) is 83.4 Å². The van der Waals surface area contributed by atoms with Gasteiger partial charge >= 0.3 is 0 Å². The third kappa shape index (κ3) is 8.40. The second kappa shape index (κ2) is 16.2. The lowest BCUT2D eigenvalue weighted by molar-refractivity contribution is 0.0828. The van der Waals surface area contributed by atoms with Crippen molar-refractivity contribution in [1.29, 1.82) is 0 Å². The number of piperidine rings is 2. The molecule has 0 saturated carbocycles. The van der Waals surface area contributed by atoms with Crippen molar-refractivity contribution in [2.45, 2.75) is 50.9 Å². The summed E-state index contributed by atoms with van der Waals surface area (Å²) in [5.41, 5.74) is 25.6. The average Bonchev–Trinajstić information content (AvgIpc) is 3.21. The Morgan fingerprint density at radius 2 is 1.32 bits per heavy atom. The predicted octanol–water partition coefficient (Wildman–Crippen LogP) is 4.60. The third-order valence-electron chi connectivity index (χ3n) is 11.0. The fraction of sp³-hybridized carbons (Fsp3) is 0.357. The molecule has 2 aromatic carbocycles. The van der Waals surface area contributed by atoms with E-state index in [1.165, 1.54) is 0 Å². The maximum absolute atomic E-state index is 13.4. The van der Waals surface area contributed by atoms with Gasteiger partial charge in [-0.15, -0.1) is 0 Å². The highest BCUT2D eigenvalue weighted by molar-refractivity contribution is 6.01. The molecule has 8 rings (SSSR count). The van der Waals surface area contributed by atoms with Crippen LogP contribution in [0.1, 0.15) is 47.2 Å². The fourth-order valence-electron chi connectivity index (χ4n) is 7.70. The van der Waals surface area contributed by atoms with E-state index < -0.39 is 0 Å². The number of hydrogen-bond acceptors (Lipinski definition) is 14.